The molecule has 3 rings (SSSR count). The largest absolute Gasteiger partial charge is 0.352 e. The molecule has 2 atom stereocenters. The lowest BCUT2D eigenvalue weighted by molar-refractivity contribution is -0.139. The fourth-order valence-electron chi connectivity index (χ4n) is 3.77. The lowest BCUT2D eigenvalue weighted by Gasteiger charge is -2.32. The molecule has 0 heterocycles. The maximum atomic E-state index is 14.6. The van der Waals surface area contributed by atoms with Crippen molar-refractivity contribution in [2.75, 3.05) is 10.8 Å². The molecule has 0 aliphatic rings. The summed E-state index contributed by atoms with van der Waals surface area (Å²) in [6.45, 7) is 4.26. The van der Waals surface area contributed by atoms with Gasteiger partial charge in [0.05, 0.1) is 15.6 Å². The summed E-state index contributed by atoms with van der Waals surface area (Å²) in [5.74, 6) is -1.75. The predicted molar refractivity (Wildman–Crippen MR) is 152 cm³/mol. The fraction of sp³-hybridized carbons (Fsp3) is 0.286. The lowest BCUT2D eigenvalue weighted by atomic mass is 10.1. The van der Waals surface area contributed by atoms with Crippen LogP contribution in [-0.4, -0.2) is 43.8 Å². The van der Waals surface area contributed by atoms with Crippen molar-refractivity contribution in [1.82, 2.24) is 10.2 Å². The molecular formula is C28H30Cl2FN3O4S. The van der Waals surface area contributed by atoms with Gasteiger partial charge in [0.2, 0.25) is 11.8 Å². The molecule has 0 aromatic heterocycles. The lowest BCUT2D eigenvalue weighted by Crippen LogP contribution is -2.52. The van der Waals surface area contributed by atoms with Crippen LogP contribution < -0.4 is 9.62 Å². The van der Waals surface area contributed by atoms with Gasteiger partial charge in [-0.15, -0.1) is 0 Å². The quantitative estimate of drug-likeness (QED) is 0.311. The molecular weight excluding hydrogens is 564 g/mol. The summed E-state index contributed by atoms with van der Waals surface area (Å²) >= 11 is 12.5. The van der Waals surface area contributed by atoms with Gasteiger partial charge < -0.3 is 10.2 Å². The van der Waals surface area contributed by atoms with E-state index in [0.29, 0.717) is 6.42 Å². The number of nitrogens with zero attached hydrogens (tertiary/aromatic N) is 2. The Morgan fingerprint density at radius 1 is 0.974 bits per heavy atom. The smallest absolute Gasteiger partial charge is 0.264 e. The number of carbonyl (C=O) groups is 2. The minimum atomic E-state index is -4.30. The van der Waals surface area contributed by atoms with E-state index in [0.717, 1.165) is 9.21 Å². The van der Waals surface area contributed by atoms with Crippen LogP contribution >= 0.6 is 23.2 Å². The van der Waals surface area contributed by atoms with Crippen LogP contribution in [0.5, 0.6) is 0 Å². The van der Waals surface area contributed by atoms with Crippen LogP contribution in [-0.2, 0) is 26.2 Å². The Kier molecular flexibility index (Phi) is 10.4. The van der Waals surface area contributed by atoms with E-state index in [1.807, 2.05) is 13.8 Å². The van der Waals surface area contributed by atoms with E-state index in [2.05, 4.69) is 5.32 Å². The van der Waals surface area contributed by atoms with Crippen molar-refractivity contribution in [3.05, 3.63) is 94.2 Å². The fourth-order valence-corrected chi connectivity index (χ4v) is 5.65. The van der Waals surface area contributed by atoms with E-state index in [9.17, 15) is 22.4 Å². The van der Waals surface area contributed by atoms with Crippen molar-refractivity contribution in [2.24, 2.45) is 0 Å². The number of amides is 2. The molecule has 11 heteroatoms. The number of hydrogen-bond donors (Lipinski definition) is 1. The number of halogens is 3. The molecule has 3 aromatic carbocycles. The average Bonchev–Trinajstić information content (AvgIpc) is 2.92. The average molecular weight is 595 g/mol. The first kappa shape index (κ1) is 30.4. The second kappa shape index (κ2) is 13.3. The van der Waals surface area contributed by atoms with E-state index in [4.69, 9.17) is 23.2 Å². The summed E-state index contributed by atoms with van der Waals surface area (Å²) in [7, 11) is -4.30. The van der Waals surface area contributed by atoms with Gasteiger partial charge in [-0.25, -0.2) is 12.8 Å². The Morgan fingerprint density at radius 3 is 2.26 bits per heavy atom. The molecule has 1 N–H and O–H groups in total. The molecule has 0 saturated heterocycles. The van der Waals surface area contributed by atoms with E-state index >= 15 is 0 Å². The van der Waals surface area contributed by atoms with Gasteiger partial charge in [-0.05, 0) is 56.7 Å². The highest BCUT2D eigenvalue weighted by molar-refractivity contribution is 7.92. The number of benzene rings is 3. The zero-order chi connectivity index (χ0) is 28.7. The molecule has 0 aliphatic heterocycles. The first-order valence-electron chi connectivity index (χ1n) is 12.3. The third-order valence-electron chi connectivity index (χ3n) is 6.25. The van der Waals surface area contributed by atoms with E-state index in [1.165, 1.54) is 55.5 Å². The molecule has 0 unspecified atom stereocenters. The normalized spacial score (nSPS) is 12.9. The van der Waals surface area contributed by atoms with E-state index in [1.54, 1.807) is 24.3 Å². The molecule has 0 radical (unpaired) electrons. The number of hydrogen-bond acceptors (Lipinski definition) is 4. The molecule has 0 saturated carbocycles. The van der Waals surface area contributed by atoms with Crippen molar-refractivity contribution in [1.29, 1.82) is 0 Å². The topological polar surface area (TPSA) is 86.8 Å². The second-order valence-corrected chi connectivity index (χ2v) is 11.7. The summed E-state index contributed by atoms with van der Waals surface area (Å²) in [6, 6.07) is 16.5. The van der Waals surface area contributed by atoms with Crippen LogP contribution in [0.15, 0.2) is 77.7 Å². The van der Waals surface area contributed by atoms with E-state index < -0.39 is 40.2 Å². The van der Waals surface area contributed by atoms with Gasteiger partial charge in [0.1, 0.15) is 18.4 Å². The van der Waals surface area contributed by atoms with Crippen molar-refractivity contribution < 1.29 is 22.4 Å². The Morgan fingerprint density at radius 2 is 1.62 bits per heavy atom. The summed E-state index contributed by atoms with van der Waals surface area (Å²) in [5.41, 5.74) is 0.163. The van der Waals surface area contributed by atoms with Crippen molar-refractivity contribution in [2.45, 2.75) is 50.7 Å². The minimum Gasteiger partial charge on any atom is -0.352 e. The molecule has 3 aromatic rings. The highest BCUT2D eigenvalue weighted by atomic mass is 35.5. The molecule has 0 aliphatic carbocycles. The third-order valence-corrected chi connectivity index (χ3v) is 8.58. The number of anilines is 1. The summed E-state index contributed by atoms with van der Waals surface area (Å²) < 4.78 is 43.0. The Hall–Kier alpha value is -3.14. The van der Waals surface area contributed by atoms with Gasteiger partial charge in [0.15, 0.2) is 0 Å². The summed E-state index contributed by atoms with van der Waals surface area (Å²) in [6.07, 6.45) is 0.663. The second-order valence-electron chi connectivity index (χ2n) is 9.03. The SMILES string of the molecule is CC[C@@H](C)NC(=O)[C@@H](C)N(Cc1ccccc1F)C(=O)CN(c1cc(Cl)ccc1Cl)S(=O)(=O)c1ccccc1. The molecule has 0 bridgehead atoms. The highest BCUT2D eigenvalue weighted by Gasteiger charge is 2.34. The zero-order valence-corrected chi connectivity index (χ0v) is 24.1. The molecule has 2 amide bonds. The van der Waals surface area contributed by atoms with Gasteiger partial charge >= 0.3 is 0 Å². The Bertz CT molecular complexity index is 1420. The summed E-state index contributed by atoms with van der Waals surface area (Å²) in [5, 5.41) is 3.08. The van der Waals surface area contributed by atoms with Crippen molar-refractivity contribution in [3.8, 4) is 0 Å². The molecule has 39 heavy (non-hydrogen) atoms. The Labute approximate surface area is 238 Å². The first-order chi connectivity index (χ1) is 18.4. The van der Waals surface area contributed by atoms with Gasteiger partial charge in [0, 0.05) is 23.2 Å². The van der Waals surface area contributed by atoms with Crippen LogP contribution in [0.25, 0.3) is 0 Å². The molecule has 0 fully saturated rings. The van der Waals surface area contributed by atoms with Crippen LogP contribution in [0.1, 0.15) is 32.8 Å². The number of nitrogens with one attached hydrogen (secondary N) is 1. The maximum absolute atomic E-state index is 14.6. The minimum absolute atomic E-state index is 0.0103. The van der Waals surface area contributed by atoms with Crippen LogP contribution in [0, 0.1) is 5.82 Å². The molecule has 208 valence electrons. The number of carbonyl (C=O) groups excluding carboxylic acids is 2. The first-order valence-corrected chi connectivity index (χ1v) is 14.5. The number of sulfonamides is 1. The highest BCUT2D eigenvalue weighted by Crippen LogP contribution is 2.33. The van der Waals surface area contributed by atoms with Crippen molar-refractivity contribution in [3.63, 3.8) is 0 Å². The van der Waals surface area contributed by atoms with Gasteiger partial charge in [-0.3, -0.25) is 13.9 Å². The summed E-state index contributed by atoms with van der Waals surface area (Å²) in [4.78, 5) is 28.0. The van der Waals surface area contributed by atoms with Crippen molar-refractivity contribution >= 4 is 50.7 Å². The Balaban J connectivity index is 2.07. The molecule has 7 nitrogen and oxygen atoms in total. The van der Waals surface area contributed by atoms with Crippen LogP contribution in [0.3, 0.4) is 0 Å². The van der Waals surface area contributed by atoms with Gasteiger partial charge in [-0.1, -0.05) is 66.5 Å². The standard InChI is InChI=1S/C28H30Cl2FN3O4S/c1-4-19(2)32-28(36)20(3)33(17-21-10-8-9-13-25(21)31)27(35)18-34(26-16-22(29)14-15-24(26)30)39(37,38)23-11-6-5-7-12-23/h5-16,19-20H,4,17-18H2,1-3H3,(H,32,36)/t19-,20-/m1/s1. The van der Waals surface area contributed by atoms with E-state index in [-0.39, 0.29) is 38.8 Å². The maximum Gasteiger partial charge on any atom is 0.264 e. The van der Waals surface area contributed by atoms with Crippen LogP contribution in [0.4, 0.5) is 10.1 Å². The van der Waals surface area contributed by atoms with Gasteiger partial charge in [0.25, 0.3) is 10.0 Å². The third kappa shape index (κ3) is 7.50. The van der Waals surface area contributed by atoms with Gasteiger partial charge in [-0.2, -0.15) is 0 Å². The number of rotatable bonds is 11. The zero-order valence-electron chi connectivity index (χ0n) is 21.8. The monoisotopic (exact) mass is 593 g/mol. The predicted octanol–water partition coefficient (Wildman–Crippen LogP) is 5.66. The van der Waals surface area contributed by atoms with Crippen LogP contribution in [0.2, 0.25) is 10.0 Å². The molecule has 0 spiro atoms.